The van der Waals surface area contributed by atoms with E-state index in [1.54, 1.807) is 10.9 Å². The van der Waals surface area contributed by atoms with Gasteiger partial charge in [-0.1, -0.05) is 0 Å². The fourth-order valence-corrected chi connectivity index (χ4v) is 2.22. The summed E-state index contributed by atoms with van der Waals surface area (Å²) < 4.78 is 1.80. The first kappa shape index (κ1) is 13.0. The molecule has 0 unspecified atom stereocenters. The van der Waals surface area contributed by atoms with Crippen molar-refractivity contribution in [2.45, 2.75) is 32.4 Å². The van der Waals surface area contributed by atoms with Crippen LogP contribution in [0.15, 0.2) is 12.3 Å². The van der Waals surface area contributed by atoms with Crippen LogP contribution in [0.2, 0.25) is 0 Å². The number of hydrogen-bond acceptors (Lipinski definition) is 4. The molecule has 6 heteroatoms. The van der Waals surface area contributed by atoms with Crippen LogP contribution in [0.3, 0.4) is 0 Å². The average Bonchev–Trinajstić information content (AvgIpc) is 2.87. The average molecular weight is 251 g/mol. The molecule has 1 aliphatic heterocycles. The lowest BCUT2D eigenvalue weighted by Crippen LogP contribution is -2.34. The van der Waals surface area contributed by atoms with E-state index in [1.807, 2.05) is 19.9 Å². The molecule has 18 heavy (non-hydrogen) atoms. The molecule has 2 rings (SSSR count). The predicted octanol–water partition coefficient (Wildman–Crippen LogP) is 0.436. The SMILES string of the molecule is CC(C)n1nccc1NC(=O)CN1CC[C@@H](N)C1. The number of likely N-dealkylation sites (tertiary alicyclic amines) is 1. The van der Waals surface area contributed by atoms with Crippen LogP contribution in [-0.4, -0.2) is 46.3 Å². The van der Waals surface area contributed by atoms with Crippen LogP contribution < -0.4 is 11.1 Å². The summed E-state index contributed by atoms with van der Waals surface area (Å²) in [6, 6.07) is 2.25. The maximum absolute atomic E-state index is 11.9. The smallest absolute Gasteiger partial charge is 0.239 e. The molecule has 3 N–H and O–H groups in total. The van der Waals surface area contributed by atoms with E-state index in [0.29, 0.717) is 6.54 Å². The Balaban J connectivity index is 1.89. The van der Waals surface area contributed by atoms with E-state index in [4.69, 9.17) is 5.73 Å². The highest BCUT2D eigenvalue weighted by molar-refractivity contribution is 5.91. The Morgan fingerprint density at radius 1 is 1.67 bits per heavy atom. The van der Waals surface area contributed by atoms with Gasteiger partial charge in [0.2, 0.25) is 5.91 Å². The van der Waals surface area contributed by atoms with Crippen LogP contribution in [-0.2, 0) is 4.79 Å². The van der Waals surface area contributed by atoms with Gasteiger partial charge >= 0.3 is 0 Å². The van der Waals surface area contributed by atoms with Crippen LogP contribution in [0.1, 0.15) is 26.3 Å². The number of hydrogen-bond donors (Lipinski definition) is 2. The molecule has 1 saturated heterocycles. The maximum atomic E-state index is 11.9. The topological polar surface area (TPSA) is 76.2 Å². The lowest BCUT2D eigenvalue weighted by Gasteiger charge is -2.16. The normalized spacial score (nSPS) is 20.6. The molecular weight excluding hydrogens is 230 g/mol. The molecule has 1 fully saturated rings. The minimum Gasteiger partial charge on any atom is -0.326 e. The summed E-state index contributed by atoms with van der Waals surface area (Å²) in [5.74, 6) is 0.741. The molecule has 0 aromatic carbocycles. The van der Waals surface area contributed by atoms with Crippen molar-refractivity contribution >= 4 is 11.7 Å². The van der Waals surface area contributed by atoms with Crippen LogP contribution in [0.5, 0.6) is 0 Å². The number of amides is 1. The monoisotopic (exact) mass is 251 g/mol. The quantitative estimate of drug-likeness (QED) is 0.814. The zero-order valence-corrected chi connectivity index (χ0v) is 11.0. The number of nitrogens with zero attached hydrogens (tertiary/aromatic N) is 3. The van der Waals surface area contributed by atoms with Crippen molar-refractivity contribution < 1.29 is 4.79 Å². The van der Waals surface area contributed by atoms with Crippen molar-refractivity contribution in [3.63, 3.8) is 0 Å². The molecule has 100 valence electrons. The second-order valence-corrected chi connectivity index (χ2v) is 5.09. The summed E-state index contributed by atoms with van der Waals surface area (Å²) in [7, 11) is 0. The second kappa shape index (κ2) is 5.49. The van der Waals surface area contributed by atoms with Gasteiger partial charge in [-0.2, -0.15) is 5.10 Å². The van der Waals surface area contributed by atoms with Crippen molar-refractivity contribution in [2.75, 3.05) is 25.0 Å². The van der Waals surface area contributed by atoms with Crippen LogP contribution in [0.4, 0.5) is 5.82 Å². The third kappa shape index (κ3) is 3.08. The van der Waals surface area contributed by atoms with Gasteiger partial charge in [-0.3, -0.25) is 9.69 Å². The third-order valence-electron chi connectivity index (χ3n) is 3.10. The van der Waals surface area contributed by atoms with Crippen LogP contribution >= 0.6 is 0 Å². The molecule has 0 spiro atoms. The molecule has 0 bridgehead atoms. The van der Waals surface area contributed by atoms with Gasteiger partial charge in [0.1, 0.15) is 5.82 Å². The van der Waals surface area contributed by atoms with E-state index in [1.165, 1.54) is 0 Å². The maximum Gasteiger partial charge on any atom is 0.239 e. The highest BCUT2D eigenvalue weighted by atomic mass is 16.2. The van der Waals surface area contributed by atoms with E-state index < -0.39 is 0 Å². The van der Waals surface area contributed by atoms with E-state index in [0.717, 1.165) is 25.3 Å². The van der Waals surface area contributed by atoms with Crippen LogP contribution in [0.25, 0.3) is 0 Å². The summed E-state index contributed by atoms with van der Waals surface area (Å²) in [4.78, 5) is 14.0. The minimum atomic E-state index is -0.00787. The third-order valence-corrected chi connectivity index (χ3v) is 3.10. The van der Waals surface area contributed by atoms with Gasteiger partial charge in [0.25, 0.3) is 0 Å². The summed E-state index contributed by atoms with van der Waals surface area (Å²) in [6.45, 7) is 6.16. The Kier molecular flexibility index (Phi) is 3.98. The lowest BCUT2D eigenvalue weighted by atomic mass is 10.3. The number of aromatic nitrogens is 2. The molecule has 0 saturated carbocycles. The highest BCUT2D eigenvalue weighted by Gasteiger charge is 2.21. The number of anilines is 1. The van der Waals surface area contributed by atoms with Gasteiger partial charge in [-0.15, -0.1) is 0 Å². The molecule has 1 amide bonds. The van der Waals surface area contributed by atoms with Gasteiger partial charge in [0, 0.05) is 31.2 Å². The molecular formula is C12H21N5O. The Morgan fingerprint density at radius 3 is 3.06 bits per heavy atom. The summed E-state index contributed by atoms with van der Waals surface area (Å²) in [5, 5.41) is 7.07. The molecule has 2 heterocycles. The standard InChI is InChI=1S/C12H21N5O/c1-9(2)17-11(3-5-14-17)15-12(18)8-16-6-4-10(13)7-16/h3,5,9-10H,4,6-8,13H2,1-2H3,(H,15,18)/t10-/m1/s1. The van der Waals surface area contributed by atoms with Crippen molar-refractivity contribution in [1.29, 1.82) is 0 Å². The Morgan fingerprint density at radius 2 is 2.44 bits per heavy atom. The fraction of sp³-hybridized carbons (Fsp3) is 0.667. The molecule has 1 aromatic heterocycles. The number of carbonyl (C=O) groups is 1. The van der Waals surface area contributed by atoms with Gasteiger partial charge in [-0.25, -0.2) is 4.68 Å². The molecule has 1 aliphatic rings. The molecule has 1 atom stereocenters. The van der Waals surface area contributed by atoms with Gasteiger partial charge in [0.15, 0.2) is 0 Å². The van der Waals surface area contributed by atoms with Crippen molar-refractivity contribution in [1.82, 2.24) is 14.7 Å². The Labute approximate surface area is 107 Å². The zero-order valence-electron chi connectivity index (χ0n) is 11.0. The summed E-state index contributed by atoms with van der Waals surface area (Å²) in [6.07, 6.45) is 2.67. The largest absolute Gasteiger partial charge is 0.326 e. The Bertz CT molecular complexity index is 414. The van der Waals surface area contributed by atoms with E-state index >= 15 is 0 Å². The molecule has 1 aromatic rings. The second-order valence-electron chi connectivity index (χ2n) is 5.09. The first-order valence-corrected chi connectivity index (χ1v) is 6.37. The summed E-state index contributed by atoms with van der Waals surface area (Å²) >= 11 is 0. The molecule has 6 nitrogen and oxygen atoms in total. The van der Waals surface area contributed by atoms with E-state index in [9.17, 15) is 4.79 Å². The van der Waals surface area contributed by atoms with Gasteiger partial charge in [0.05, 0.1) is 12.7 Å². The van der Waals surface area contributed by atoms with Crippen molar-refractivity contribution in [3.8, 4) is 0 Å². The first-order valence-electron chi connectivity index (χ1n) is 6.37. The predicted molar refractivity (Wildman–Crippen MR) is 70.3 cm³/mol. The van der Waals surface area contributed by atoms with Gasteiger partial charge < -0.3 is 11.1 Å². The number of nitrogens with two attached hydrogens (primary N) is 1. The number of carbonyl (C=O) groups excluding carboxylic acids is 1. The van der Waals surface area contributed by atoms with Crippen LogP contribution in [0, 0.1) is 0 Å². The molecule has 0 radical (unpaired) electrons. The van der Waals surface area contributed by atoms with E-state index in [-0.39, 0.29) is 18.0 Å². The first-order chi connectivity index (χ1) is 8.56. The Hall–Kier alpha value is -1.40. The van der Waals surface area contributed by atoms with E-state index in [2.05, 4.69) is 15.3 Å². The van der Waals surface area contributed by atoms with Crippen molar-refractivity contribution in [3.05, 3.63) is 12.3 Å². The minimum absolute atomic E-state index is 0.00787. The van der Waals surface area contributed by atoms with Gasteiger partial charge in [-0.05, 0) is 20.3 Å². The molecule has 0 aliphatic carbocycles. The zero-order chi connectivity index (χ0) is 13.1. The number of nitrogens with one attached hydrogen (secondary N) is 1. The highest BCUT2D eigenvalue weighted by Crippen LogP contribution is 2.13. The fourth-order valence-electron chi connectivity index (χ4n) is 2.22. The number of rotatable bonds is 4. The van der Waals surface area contributed by atoms with Crippen molar-refractivity contribution in [2.24, 2.45) is 5.73 Å². The summed E-state index contributed by atoms with van der Waals surface area (Å²) in [5.41, 5.74) is 5.81. The lowest BCUT2D eigenvalue weighted by molar-refractivity contribution is -0.117.